The topological polar surface area (TPSA) is 108 Å². The second-order valence-electron chi connectivity index (χ2n) is 15.3. The molecular weight excluding hydrogens is 732 g/mol. The van der Waals surface area contributed by atoms with Crippen LogP contribution in [0, 0.1) is 0 Å². The van der Waals surface area contributed by atoms with Gasteiger partial charge in [-0.25, -0.2) is 0 Å². The van der Waals surface area contributed by atoms with Gasteiger partial charge < -0.3 is 28.8 Å². The second kappa shape index (κ2) is 38.7. The highest BCUT2D eigenvalue weighted by Gasteiger charge is 2.23. The summed E-state index contributed by atoms with van der Waals surface area (Å²) in [6.07, 6.45) is 55.7. The summed E-state index contributed by atoms with van der Waals surface area (Å²) in [4.78, 5) is 25.3. The molecule has 0 fully saturated rings. The Bertz CT molecular complexity index is 1290. The van der Waals surface area contributed by atoms with Gasteiger partial charge in [0.2, 0.25) is 5.91 Å². The van der Waals surface area contributed by atoms with Crippen LogP contribution in [0.5, 0.6) is 0 Å². The highest BCUT2D eigenvalue weighted by molar-refractivity contribution is 7.45. The highest BCUT2D eigenvalue weighted by Crippen LogP contribution is 2.38. The molecule has 0 bridgehead atoms. The van der Waals surface area contributed by atoms with Gasteiger partial charge in [-0.2, -0.15) is 0 Å². The molecule has 0 aromatic carbocycles. The molecule has 0 aromatic heterocycles. The summed E-state index contributed by atoms with van der Waals surface area (Å²) in [5.41, 5.74) is 0. The van der Waals surface area contributed by atoms with Crippen LogP contribution in [0.4, 0.5) is 0 Å². The van der Waals surface area contributed by atoms with Crippen LogP contribution < -0.4 is 10.2 Å². The SMILES string of the molecule is CC/C=C\C/C=C\C/C=C\C/C=C\C/C=C\C/C=C\CCCCC(=O)NC(COP(=O)([O-])OCC[N+](C)(C)C)C(O)/C=C/CC/C=C/CC/C=C/CCCCCC. The van der Waals surface area contributed by atoms with E-state index >= 15 is 0 Å². The zero-order valence-corrected chi connectivity index (χ0v) is 37.4. The van der Waals surface area contributed by atoms with E-state index in [1.807, 2.05) is 27.2 Å². The third kappa shape index (κ3) is 41.1. The average Bonchev–Trinajstić information content (AvgIpc) is 3.16. The second-order valence-corrected chi connectivity index (χ2v) is 16.7. The number of carbonyl (C=O) groups is 1. The number of nitrogens with one attached hydrogen (secondary N) is 1. The van der Waals surface area contributed by atoms with Crippen LogP contribution in [-0.2, 0) is 18.4 Å². The summed E-state index contributed by atoms with van der Waals surface area (Å²) < 4.78 is 23.1. The van der Waals surface area contributed by atoms with Gasteiger partial charge in [0.1, 0.15) is 13.2 Å². The Morgan fingerprint density at radius 3 is 1.60 bits per heavy atom. The van der Waals surface area contributed by atoms with Gasteiger partial charge in [-0.1, -0.05) is 142 Å². The molecule has 0 saturated heterocycles. The molecule has 3 atom stereocenters. The Labute approximate surface area is 349 Å². The first-order valence-corrected chi connectivity index (χ1v) is 23.2. The molecule has 0 aliphatic heterocycles. The maximum Gasteiger partial charge on any atom is 0.268 e. The maximum absolute atomic E-state index is 12.8. The molecular formula is C48H81N2O6P. The number of quaternary nitrogens is 1. The standard InChI is InChI=1S/C48H81N2O6P/c1-6-8-10-12-14-16-18-20-22-23-24-25-26-27-28-30-32-34-36-38-40-42-48(52)49-46(45-56-57(53,54)55-44-43-50(3,4)5)47(51)41-39-37-35-33-31-29-21-19-17-15-13-11-9-7-2/h8,10,14,16-17,19-20,22,24-25,27-28,31-34,39,41,46-47,51H,6-7,9,11-13,15,18,21,23,26,29-30,35-38,40,42-45H2,1-5H3,(H-,49,52,53,54)/b10-8-,16-14-,19-17+,22-20-,25-24-,28-27-,33-31+,34-32-,41-39+. The number of phosphoric ester groups is 1. The zero-order valence-electron chi connectivity index (χ0n) is 36.5. The van der Waals surface area contributed by atoms with Gasteiger partial charge in [0.05, 0.1) is 39.9 Å². The first-order chi connectivity index (χ1) is 27.5. The minimum Gasteiger partial charge on any atom is -0.756 e. The minimum absolute atomic E-state index is 0.0244. The van der Waals surface area contributed by atoms with Crippen molar-refractivity contribution in [1.29, 1.82) is 0 Å². The number of aliphatic hydroxyl groups is 1. The average molecular weight is 813 g/mol. The molecule has 2 N–H and O–H groups in total. The third-order valence-electron chi connectivity index (χ3n) is 8.69. The van der Waals surface area contributed by atoms with Gasteiger partial charge in [-0.15, -0.1) is 0 Å². The number of hydrogen-bond donors (Lipinski definition) is 2. The molecule has 0 aliphatic rings. The largest absolute Gasteiger partial charge is 0.756 e. The number of unbranched alkanes of at least 4 members (excludes halogenated alkanes) is 8. The molecule has 0 spiro atoms. The lowest BCUT2D eigenvalue weighted by molar-refractivity contribution is -0.870. The first kappa shape index (κ1) is 54.2. The van der Waals surface area contributed by atoms with Crippen molar-refractivity contribution in [1.82, 2.24) is 5.32 Å². The van der Waals surface area contributed by atoms with E-state index in [9.17, 15) is 19.4 Å². The number of nitrogens with zero attached hydrogens (tertiary/aromatic N) is 1. The lowest BCUT2D eigenvalue weighted by Crippen LogP contribution is -2.45. The van der Waals surface area contributed by atoms with Crippen molar-refractivity contribution in [2.75, 3.05) is 40.9 Å². The lowest BCUT2D eigenvalue weighted by Gasteiger charge is -2.29. The number of phosphoric acid groups is 1. The van der Waals surface area contributed by atoms with Crippen molar-refractivity contribution in [3.05, 3.63) is 109 Å². The predicted octanol–water partition coefficient (Wildman–Crippen LogP) is 11.5. The van der Waals surface area contributed by atoms with Crippen LogP contribution >= 0.6 is 7.82 Å². The van der Waals surface area contributed by atoms with Crippen LogP contribution in [0.25, 0.3) is 0 Å². The fraction of sp³-hybridized carbons (Fsp3) is 0.604. The van der Waals surface area contributed by atoms with Gasteiger partial charge in [-0.05, 0) is 96.3 Å². The van der Waals surface area contributed by atoms with Gasteiger partial charge in [0, 0.05) is 6.42 Å². The molecule has 0 saturated carbocycles. The molecule has 0 rings (SSSR count). The van der Waals surface area contributed by atoms with Crippen molar-refractivity contribution in [3.8, 4) is 0 Å². The van der Waals surface area contributed by atoms with Crippen molar-refractivity contribution in [2.45, 2.75) is 148 Å². The Morgan fingerprint density at radius 2 is 1.09 bits per heavy atom. The number of amides is 1. The van der Waals surface area contributed by atoms with Crippen LogP contribution in [0.3, 0.4) is 0 Å². The summed E-state index contributed by atoms with van der Waals surface area (Å²) in [6, 6.07) is -0.939. The molecule has 0 aromatic rings. The van der Waals surface area contributed by atoms with Crippen molar-refractivity contribution in [2.24, 2.45) is 0 Å². The normalized spacial score (nSPS) is 15.4. The van der Waals surface area contributed by atoms with E-state index in [0.29, 0.717) is 23.9 Å². The molecule has 3 unspecified atom stereocenters. The molecule has 0 radical (unpaired) electrons. The van der Waals surface area contributed by atoms with E-state index in [1.165, 1.54) is 25.7 Å². The minimum atomic E-state index is -4.62. The van der Waals surface area contributed by atoms with Crippen molar-refractivity contribution in [3.63, 3.8) is 0 Å². The number of aliphatic hydroxyl groups excluding tert-OH is 1. The number of rotatable bonds is 37. The molecule has 57 heavy (non-hydrogen) atoms. The predicted molar refractivity (Wildman–Crippen MR) is 242 cm³/mol. The molecule has 324 valence electrons. The van der Waals surface area contributed by atoms with E-state index in [1.54, 1.807) is 6.08 Å². The van der Waals surface area contributed by atoms with Gasteiger partial charge in [-0.3, -0.25) is 9.36 Å². The Balaban J connectivity index is 4.61. The van der Waals surface area contributed by atoms with E-state index < -0.39 is 26.6 Å². The summed E-state index contributed by atoms with van der Waals surface area (Å²) in [5.74, 6) is -0.261. The number of allylic oxidation sites excluding steroid dienone is 17. The Morgan fingerprint density at radius 1 is 0.632 bits per heavy atom. The Kier molecular flexibility index (Phi) is 36.7. The number of likely N-dealkylation sites (N-methyl/N-ethyl adjacent to an activating group) is 1. The molecule has 0 aliphatic carbocycles. The molecule has 9 heteroatoms. The van der Waals surface area contributed by atoms with Gasteiger partial charge in [0.25, 0.3) is 7.82 Å². The van der Waals surface area contributed by atoms with Gasteiger partial charge in [0.15, 0.2) is 0 Å². The monoisotopic (exact) mass is 813 g/mol. The quantitative estimate of drug-likeness (QED) is 0.0280. The Hall–Kier alpha value is -2.84. The maximum atomic E-state index is 12.8. The van der Waals surface area contributed by atoms with Crippen LogP contribution in [0.1, 0.15) is 136 Å². The molecule has 1 amide bonds. The number of carbonyl (C=O) groups excluding carboxylic acids is 1. The van der Waals surface area contributed by atoms with E-state index in [-0.39, 0.29) is 18.9 Å². The number of hydrogen-bond acceptors (Lipinski definition) is 6. The van der Waals surface area contributed by atoms with Crippen LogP contribution in [0.2, 0.25) is 0 Å². The smallest absolute Gasteiger partial charge is 0.268 e. The summed E-state index contributed by atoms with van der Waals surface area (Å²) >= 11 is 0. The van der Waals surface area contributed by atoms with E-state index in [4.69, 9.17) is 9.05 Å². The first-order valence-electron chi connectivity index (χ1n) is 21.7. The zero-order chi connectivity index (χ0) is 42.1. The highest BCUT2D eigenvalue weighted by atomic mass is 31.2. The third-order valence-corrected chi connectivity index (χ3v) is 9.66. The fourth-order valence-electron chi connectivity index (χ4n) is 5.24. The van der Waals surface area contributed by atoms with Crippen LogP contribution in [0.15, 0.2) is 109 Å². The van der Waals surface area contributed by atoms with Crippen molar-refractivity contribution < 1.29 is 32.9 Å². The summed E-state index contributed by atoms with van der Waals surface area (Å²) in [5, 5.41) is 13.7. The van der Waals surface area contributed by atoms with E-state index in [0.717, 1.165) is 77.0 Å². The van der Waals surface area contributed by atoms with Gasteiger partial charge >= 0.3 is 0 Å². The lowest BCUT2D eigenvalue weighted by atomic mass is 10.1. The van der Waals surface area contributed by atoms with E-state index in [2.05, 4.69) is 116 Å². The molecule has 0 heterocycles. The fourth-order valence-corrected chi connectivity index (χ4v) is 5.97. The summed E-state index contributed by atoms with van der Waals surface area (Å²) in [6.45, 7) is 4.40. The summed E-state index contributed by atoms with van der Waals surface area (Å²) in [7, 11) is 1.18. The molecule has 8 nitrogen and oxygen atoms in total. The van der Waals surface area contributed by atoms with Crippen LogP contribution in [-0.4, -0.2) is 68.5 Å². The van der Waals surface area contributed by atoms with Crippen molar-refractivity contribution >= 4 is 13.7 Å².